The minimum absolute atomic E-state index is 0.0314. The van der Waals surface area contributed by atoms with Gasteiger partial charge in [-0.25, -0.2) is 13.8 Å². The van der Waals surface area contributed by atoms with Gasteiger partial charge in [-0.15, -0.1) is 0 Å². The summed E-state index contributed by atoms with van der Waals surface area (Å²) >= 11 is 1.00. The zero-order valence-corrected chi connectivity index (χ0v) is 13.8. The maximum absolute atomic E-state index is 13.6. The van der Waals surface area contributed by atoms with Crippen molar-refractivity contribution in [2.24, 2.45) is 0 Å². The Labute approximate surface area is 141 Å². The van der Waals surface area contributed by atoms with E-state index in [1.165, 1.54) is 6.07 Å². The number of fused-ring (bicyclic) bond motifs is 1. The Hall–Kier alpha value is -2.54. The maximum atomic E-state index is 13.6. The van der Waals surface area contributed by atoms with E-state index < -0.39 is 23.6 Å². The highest BCUT2D eigenvalue weighted by atomic mass is 32.1. The summed E-state index contributed by atoms with van der Waals surface area (Å²) < 4.78 is 32.8. The monoisotopic (exact) mass is 348 g/mol. The summed E-state index contributed by atoms with van der Waals surface area (Å²) in [5.41, 5.74) is 1.05. The number of carbonyl (C=O) groups is 1. The molecular formula is C17H14F2N2O2S. The van der Waals surface area contributed by atoms with Gasteiger partial charge in [0.05, 0.1) is 4.70 Å². The largest absolute Gasteiger partial charge is 0.481 e. The number of halogens is 2. The van der Waals surface area contributed by atoms with Crippen LogP contribution in [0.2, 0.25) is 0 Å². The van der Waals surface area contributed by atoms with E-state index in [1.807, 2.05) is 25.1 Å². The molecule has 2 aromatic carbocycles. The zero-order chi connectivity index (χ0) is 17.3. The van der Waals surface area contributed by atoms with Crippen molar-refractivity contribution >= 4 is 32.6 Å². The molecule has 0 bridgehead atoms. The molecule has 0 radical (unpaired) electrons. The van der Waals surface area contributed by atoms with Gasteiger partial charge >= 0.3 is 0 Å². The predicted octanol–water partition coefficient (Wildman–Crippen LogP) is 4.29. The minimum Gasteiger partial charge on any atom is -0.481 e. The number of aryl methyl sites for hydroxylation is 1. The fourth-order valence-corrected chi connectivity index (χ4v) is 3.07. The highest BCUT2D eigenvalue weighted by Gasteiger charge is 2.18. The van der Waals surface area contributed by atoms with Gasteiger partial charge in [-0.05, 0) is 37.6 Å². The van der Waals surface area contributed by atoms with E-state index in [0.717, 1.165) is 23.0 Å². The predicted molar refractivity (Wildman–Crippen MR) is 89.4 cm³/mol. The van der Waals surface area contributed by atoms with Crippen LogP contribution >= 0.6 is 11.3 Å². The number of anilines is 1. The molecule has 0 aliphatic heterocycles. The number of nitrogens with one attached hydrogen (secondary N) is 1. The molecule has 4 nitrogen and oxygen atoms in total. The lowest BCUT2D eigenvalue weighted by molar-refractivity contribution is -0.122. The van der Waals surface area contributed by atoms with Crippen molar-refractivity contribution in [2.45, 2.75) is 20.0 Å². The van der Waals surface area contributed by atoms with E-state index in [-0.39, 0.29) is 10.6 Å². The summed E-state index contributed by atoms with van der Waals surface area (Å²) in [5, 5.41) is 2.76. The molecule has 3 aromatic rings. The minimum atomic E-state index is -0.764. The van der Waals surface area contributed by atoms with E-state index in [0.29, 0.717) is 10.4 Å². The van der Waals surface area contributed by atoms with Gasteiger partial charge in [-0.1, -0.05) is 23.5 Å². The first-order valence-electron chi connectivity index (χ1n) is 7.22. The Bertz CT molecular complexity index is 911. The average molecular weight is 348 g/mol. The second-order valence-corrected chi connectivity index (χ2v) is 6.35. The zero-order valence-electron chi connectivity index (χ0n) is 13.0. The summed E-state index contributed by atoms with van der Waals surface area (Å²) in [6.45, 7) is 3.53. The van der Waals surface area contributed by atoms with Gasteiger partial charge in [0.2, 0.25) is 0 Å². The molecule has 1 amide bonds. The molecule has 124 valence electrons. The normalized spacial score (nSPS) is 12.2. The van der Waals surface area contributed by atoms with Crippen LogP contribution in [0.25, 0.3) is 10.2 Å². The molecule has 0 aliphatic carbocycles. The van der Waals surface area contributed by atoms with Crippen molar-refractivity contribution in [2.75, 3.05) is 5.32 Å². The Morgan fingerprint density at radius 2 is 2.08 bits per heavy atom. The van der Waals surface area contributed by atoms with E-state index in [4.69, 9.17) is 4.74 Å². The van der Waals surface area contributed by atoms with E-state index in [1.54, 1.807) is 13.0 Å². The number of ether oxygens (including phenoxy) is 1. The van der Waals surface area contributed by atoms with Crippen molar-refractivity contribution in [1.82, 2.24) is 4.98 Å². The Morgan fingerprint density at radius 3 is 2.83 bits per heavy atom. The van der Waals surface area contributed by atoms with Crippen LogP contribution in [0, 0.1) is 18.6 Å². The molecule has 0 aliphatic rings. The van der Waals surface area contributed by atoms with Crippen LogP contribution in [-0.2, 0) is 4.79 Å². The third-order valence-corrected chi connectivity index (χ3v) is 4.23. The quantitative estimate of drug-likeness (QED) is 0.765. The molecule has 1 aromatic heterocycles. The number of hydrogen-bond acceptors (Lipinski definition) is 4. The molecule has 0 saturated heterocycles. The molecule has 0 fully saturated rings. The van der Waals surface area contributed by atoms with E-state index in [9.17, 15) is 13.6 Å². The first-order valence-corrected chi connectivity index (χ1v) is 8.04. The summed E-state index contributed by atoms with van der Waals surface area (Å²) in [7, 11) is 0. The summed E-state index contributed by atoms with van der Waals surface area (Å²) in [5.74, 6) is -1.28. The van der Waals surface area contributed by atoms with Crippen LogP contribution in [0.15, 0.2) is 36.4 Å². The van der Waals surface area contributed by atoms with Crippen LogP contribution in [0.1, 0.15) is 12.5 Å². The van der Waals surface area contributed by atoms with Crippen molar-refractivity contribution < 1.29 is 18.3 Å². The Balaban J connectivity index is 1.73. The molecule has 7 heteroatoms. The maximum Gasteiger partial charge on any atom is 0.266 e. The van der Waals surface area contributed by atoms with Gasteiger partial charge in [0.25, 0.3) is 5.91 Å². The molecule has 0 spiro atoms. The van der Waals surface area contributed by atoms with Crippen LogP contribution in [0.5, 0.6) is 5.75 Å². The third kappa shape index (κ3) is 3.51. The number of amides is 1. The fourth-order valence-electron chi connectivity index (χ4n) is 2.16. The second kappa shape index (κ2) is 6.52. The molecular weight excluding hydrogens is 334 g/mol. The highest BCUT2D eigenvalue weighted by molar-refractivity contribution is 7.22. The highest BCUT2D eigenvalue weighted by Crippen LogP contribution is 2.28. The lowest BCUT2D eigenvalue weighted by Crippen LogP contribution is -2.30. The SMILES string of the molecule is Cc1cccc(O[C@@H](C)C(=O)Nc2nc3c(F)cc(F)cc3s2)c1. The first-order chi connectivity index (χ1) is 11.4. The number of benzene rings is 2. The molecule has 0 unspecified atom stereocenters. The average Bonchev–Trinajstić information content (AvgIpc) is 2.89. The Kier molecular flexibility index (Phi) is 4.44. The van der Waals surface area contributed by atoms with E-state index >= 15 is 0 Å². The van der Waals surface area contributed by atoms with Crippen LogP contribution in [0.4, 0.5) is 13.9 Å². The Morgan fingerprint density at radius 1 is 1.29 bits per heavy atom. The summed E-state index contributed by atoms with van der Waals surface area (Å²) in [6.07, 6.45) is -0.764. The van der Waals surface area contributed by atoms with E-state index in [2.05, 4.69) is 10.3 Å². The second-order valence-electron chi connectivity index (χ2n) is 5.32. The number of nitrogens with zero attached hydrogens (tertiary/aromatic N) is 1. The fraction of sp³-hybridized carbons (Fsp3) is 0.176. The number of carbonyl (C=O) groups excluding carboxylic acids is 1. The smallest absolute Gasteiger partial charge is 0.266 e. The lowest BCUT2D eigenvalue weighted by atomic mass is 10.2. The number of aromatic nitrogens is 1. The van der Waals surface area contributed by atoms with Crippen LogP contribution < -0.4 is 10.1 Å². The summed E-state index contributed by atoms with van der Waals surface area (Å²) in [4.78, 5) is 16.2. The lowest BCUT2D eigenvalue weighted by Gasteiger charge is -2.13. The van der Waals surface area contributed by atoms with Crippen molar-refractivity contribution in [3.63, 3.8) is 0 Å². The number of hydrogen-bond donors (Lipinski definition) is 1. The third-order valence-electron chi connectivity index (χ3n) is 3.31. The molecule has 1 heterocycles. The molecule has 1 atom stereocenters. The van der Waals surface area contributed by atoms with Crippen LogP contribution in [-0.4, -0.2) is 17.0 Å². The molecule has 0 saturated carbocycles. The van der Waals surface area contributed by atoms with Gasteiger partial charge in [-0.3, -0.25) is 10.1 Å². The van der Waals surface area contributed by atoms with Crippen molar-refractivity contribution in [1.29, 1.82) is 0 Å². The molecule has 24 heavy (non-hydrogen) atoms. The van der Waals surface area contributed by atoms with Gasteiger partial charge in [0.15, 0.2) is 17.1 Å². The topological polar surface area (TPSA) is 51.2 Å². The van der Waals surface area contributed by atoms with Crippen molar-refractivity contribution in [3.8, 4) is 5.75 Å². The summed E-state index contributed by atoms with van der Waals surface area (Å²) in [6, 6.07) is 9.27. The number of thiazole rings is 1. The van der Waals surface area contributed by atoms with Gasteiger partial charge in [0, 0.05) is 6.07 Å². The van der Waals surface area contributed by atoms with Crippen molar-refractivity contribution in [3.05, 3.63) is 53.6 Å². The van der Waals surface area contributed by atoms with Gasteiger partial charge < -0.3 is 4.74 Å². The van der Waals surface area contributed by atoms with Gasteiger partial charge in [0.1, 0.15) is 17.1 Å². The van der Waals surface area contributed by atoms with Gasteiger partial charge in [-0.2, -0.15) is 0 Å². The molecule has 1 N–H and O–H groups in total. The standard InChI is InChI=1S/C17H14F2N2O2S/c1-9-4-3-5-12(6-9)23-10(2)16(22)21-17-20-15-13(19)7-11(18)8-14(15)24-17/h3-8,10H,1-2H3,(H,20,21,22)/t10-/m0/s1. The number of rotatable bonds is 4. The van der Waals surface area contributed by atoms with Crippen LogP contribution in [0.3, 0.4) is 0 Å². The first kappa shape index (κ1) is 16.3. The molecule has 3 rings (SSSR count).